The van der Waals surface area contributed by atoms with Crippen LogP contribution in [0.25, 0.3) is 0 Å². The van der Waals surface area contributed by atoms with Gasteiger partial charge in [-0.2, -0.15) is 4.31 Å². The Morgan fingerprint density at radius 2 is 1.85 bits per heavy atom. The summed E-state index contributed by atoms with van der Waals surface area (Å²) in [4.78, 5) is 0.120. The van der Waals surface area contributed by atoms with Crippen LogP contribution < -0.4 is 10.5 Å². The monoisotopic (exact) mass is 300 g/mol. The molecule has 0 aliphatic rings. The number of nitrogens with zero attached hydrogens (tertiary/aromatic N) is 1. The molecule has 0 unspecified atom stereocenters. The van der Waals surface area contributed by atoms with E-state index in [-0.39, 0.29) is 16.9 Å². The number of methoxy groups -OCH3 is 1. The van der Waals surface area contributed by atoms with Crippen molar-refractivity contribution < 1.29 is 13.2 Å². The van der Waals surface area contributed by atoms with Crippen molar-refractivity contribution in [2.24, 2.45) is 5.92 Å². The van der Waals surface area contributed by atoms with E-state index in [4.69, 9.17) is 10.5 Å². The van der Waals surface area contributed by atoms with Gasteiger partial charge in [-0.05, 0) is 38.0 Å². The molecule has 20 heavy (non-hydrogen) atoms. The van der Waals surface area contributed by atoms with Crippen LogP contribution in [0.15, 0.2) is 23.1 Å². The molecule has 0 radical (unpaired) electrons. The van der Waals surface area contributed by atoms with Crippen molar-refractivity contribution in [2.75, 3.05) is 19.4 Å². The van der Waals surface area contributed by atoms with Crippen LogP contribution in [0.4, 0.5) is 5.69 Å². The van der Waals surface area contributed by atoms with E-state index in [0.29, 0.717) is 18.0 Å². The molecule has 0 fully saturated rings. The number of nitrogen functional groups attached to an aromatic ring is 1. The van der Waals surface area contributed by atoms with Gasteiger partial charge in [0.1, 0.15) is 10.6 Å². The number of sulfonamides is 1. The summed E-state index contributed by atoms with van der Waals surface area (Å²) < 4.78 is 32.3. The second-order valence-electron chi connectivity index (χ2n) is 5.47. The van der Waals surface area contributed by atoms with Gasteiger partial charge in [-0.1, -0.05) is 13.8 Å². The zero-order chi connectivity index (χ0) is 15.5. The summed E-state index contributed by atoms with van der Waals surface area (Å²) in [5, 5.41) is 0. The SMILES string of the molecule is COc1ccc(N)cc1S(=O)(=O)N(CC(C)C)C(C)C. The second-order valence-corrected chi connectivity index (χ2v) is 7.33. The fourth-order valence-corrected chi connectivity index (χ4v) is 3.96. The van der Waals surface area contributed by atoms with Crippen LogP contribution in [-0.2, 0) is 10.0 Å². The fourth-order valence-electron chi connectivity index (χ4n) is 1.97. The van der Waals surface area contributed by atoms with Crippen molar-refractivity contribution in [3.8, 4) is 5.75 Å². The highest BCUT2D eigenvalue weighted by atomic mass is 32.2. The van der Waals surface area contributed by atoms with E-state index in [1.165, 1.54) is 17.5 Å². The standard InChI is InChI=1S/C14H24N2O3S/c1-10(2)9-16(11(3)4)20(17,18)14-8-12(15)6-7-13(14)19-5/h6-8,10-11H,9,15H2,1-5H3. The highest BCUT2D eigenvalue weighted by Gasteiger charge is 2.30. The topological polar surface area (TPSA) is 72.6 Å². The third-order valence-corrected chi connectivity index (χ3v) is 4.96. The van der Waals surface area contributed by atoms with Crippen molar-refractivity contribution in [1.29, 1.82) is 0 Å². The maximum atomic E-state index is 12.8. The third-order valence-electron chi connectivity index (χ3n) is 2.90. The highest BCUT2D eigenvalue weighted by molar-refractivity contribution is 7.89. The Kier molecular flexibility index (Phi) is 5.42. The minimum atomic E-state index is -3.63. The van der Waals surface area contributed by atoms with Crippen molar-refractivity contribution >= 4 is 15.7 Å². The Morgan fingerprint density at radius 1 is 1.25 bits per heavy atom. The molecule has 1 aromatic rings. The summed E-state index contributed by atoms with van der Waals surface area (Å²) in [6, 6.07) is 4.52. The number of benzene rings is 1. The quantitative estimate of drug-likeness (QED) is 0.818. The molecule has 2 N–H and O–H groups in total. The Morgan fingerprint density at radius 3 is 2.30 bits per heavy atom. The molecule has 0 saturated carbocycles. The van der Waals surface area contributed by atoms with Gasteiger partial charge < -0.3 is 10.5 Å². The number of nitrogens with two attached hydrogens (primary N) is 1. The second kappa shape index (κ2) is 6.45. The van der Waals surface area contributed by atoms with Crippen molar-refractivity contribution in [3.05, 3.63) is 18.2 Å². The smallest absolute Gasteiger partial charge is 0.247 e. The number of hydrogen-bond acceptors (Lipinski definition) is 4. The minimum Gasteiger partial charge on any atom is -0.495 e. The maximum absolute atomic E-state index is 12.8. The first kappa shape index (κ1) is 16.8. The van der Waals surface area contributed by atoms with Crippen LogP contribution in [0.2, 0.25) is 0 Å². The van der Waals surface area contributed by atoms with Crippen molar-refractivity contribution in [2.45, 2.75) is 38.6 Å². The Labute approximate surface area is 121 Å². The normalized spacial score (nSPS) is 12.4. The van der Waals surface area contributed by atoms with Crippen LogP contribution >= 0.6 is 0 Å². The molecule has 6 heteroatoms. The lowest BCUT2D eigenvalue weighted by molar-refractivity contribution is 0.316. The van der Waals surface area contributed by atoms with Crippen LogP contribution in [0.3, 0.4) is 0 Å². The van der Waals surface area contributed by atoms with Gasteiger partial charge in [0.15, 0.2) is 0 Å². The summed E-state index contributed by atoms with van der Waals surface area (Å²) in [6.07, 6.45) is 0. The largest absolute Gasteiger partial charge is 0.495 e. The van der Waals surface area contributed by atoms with Gasteiger partial charge >= 0.3 is 0 Å². The van der Waals surface area contributed by atoms with Gasteiger partial charge in [-0.15, -0.1) is 0 Å². The third kappa shape index (κ3) is 3.64. The average Bonchev–Trinajstić information content (AvgIpc) is 2.35. The van der Waals surface area contributed by atoms with Gasteiger partial charge in [-0.25, -0.2) is 8.42 Å². The van der Waals surface area contributed by atoms with E-state index < -0.39 is 10.0 Å². The van der Waals surface area contributed by atoms with Crippen LogP contribution in [0.1, 0.15) is 27.7 Å². The molecule has 0 spiro atoms. The van der Waals surface area contributed by atoms with Gasteiger partial charge in [0.2, 0.25) is 10.0 Å². The molecule has 0 aliphatic heterocycles. The van der Waals surface area contributed by atoms with Gasteiger partial charge in [-0.3, -0.25) is 0 Å². The molecule has 5 nitrogen and oxygen atoms in total. The number of anilines is 1. The summed E-state index contributed by atoms with van der Waals surface area (Å²) in [5.41, 5.74) is 6.12. The summed E-state index contributed by atoms with van der Waals surface area (Å²) in [6.45, 7) is 8.15. The lowest BCUT2D eigenvalue weighted by Gasteiger charge is -2.28. The summed E-state index contributed by atoms with van der Waals surface area (Å²) in [7, 11) is -2.18. The molecule has 0 bridgehead atoms. The molecule has 0 amide bonds. The lowest BCUT2D eigenvalue weighted by Crippen LogP contribution is -2.39. The maximum Gasteiger partial charge on any atom is 0.247 e. The highest BCUT2D eigenvalue weighted by Crippen LogP contribution is 2.30. The molecule has 0 aromatic heterocycles. The van der Waals surface area contributed by atoms with E-state index in [9.17, 15) is 8.42 Å². The Bertz CT molecular complexity index is 554. The predicted molar refractivity (Wildman–Crippen MR) is 81.3 cm³/mol. The molecular formula is C14H24N2O3S. The zero-order valence-corrected chi connectivity index (χ0v) is 13.6. The first-order valence-electron chi connectivity index (χ1n) is 6.65. The van der Waals surface area contributed by atoms with E-state index in [0.717, 1.165) is 0 Å². The zero-order valence-electron chi connectivity index (χ0n) is 12.8. The number of hydrogen-bond donors (Lipinski definition) is 1. The summed E-state index contributed by atoms with van der Waals surface area (Å²) in [5.74, 6) is 0.549. The van der Waals surface area contributed by atoms with Crippen LogP contribution in [-0.4, -0.2) is 32.4 Å². The van der Waals surface area contributed by atoms with E-state index in [1.807, 2.05) is 27.7 Å². The molecule has 1 rings (SSSR count). The van der Waals surface area contributed by atoms with E-state index >= 15 is 0 Å². The fraction of sp³-hybridized carbons (Fsp3) is 0.571. The van der Waals surface area contributed by atoms with E-state index in [1.54, 1.807) is 12.1 Å². The average molecular weight is 300 g/mol. The molecule has 0 aliphatic carbocycles. The predicted octanol–water partition coefficient (Wildman–Crippen LogP) is 2.33. The van der Waals surface area contributed by atoms with E-state index in [2.05, 4.69) is 0 Å². The number of rotatable bonds is 6. The molecule has 0 heterocycles. The first-order chi connectivity index (χ1) is 9.20. The molecule has 0 saturated heterocycles. The van der Waals surface area contributed by atoms with Gasteiger partial charge in [0, 0.05) is 18.3 Å². The molecule has 1 aromatic carbocycles. The minimum absolute atomic E-state index is 0.120. The first-order valence-corrected chi connectivity index (χ1v) is 8.09. The lowest BCUT2D eigenvalue weighted by atomic mass is 10.2. The van der Waals surface area contributed by atoms with Crippen LogP contribution in [0, 0.1) is 5.92 Å². The van der Waals surface area contributed by atoms with Gasteiger partial charge in [0.25, 0.3) is 0 Å². The van der Waals surface area contributed by atoms with Crippen molar-refractivity contribution in [3.63, 3.8) is 0 Å². The van der Waals surface area contributed by atoms with Gasteiger partial charge in [0.05, 0.1) is 7.11 Å². The Hall–Kier alpha value is -1.27. The molecule has 114 valence electrons. The molecule has 0 atom stereocenters. The van der Waals surface area contributed by atoms with Crippen molar-refractivity contribution in [1.82, 2.24) is 4.31 Å². The summed E-state index contributed by atoms with van der Waals surface area (Å²) >= 11 is 0. The Balaban J connectivity index is 3.36. The van der Waals surface area contributed by atoms with Crippen LogP contribution in [0.5, 0.6) is 5.75 Å². The number of ether oxygens (including phenoxy) is 1. The molecular weight excluding hydrogens is 276 g/mol.